The number of rotatable bonds is 3. The lowest BCUT2D eigenvalue weighted by molar-refractivity contribution is 0.523. The Morgan fingerprint density at radius 2 is 1.16 bits per heavy atom. The van der Waals surface area contributed by atoms with Crippen molar-refractivity contribution in [2.45, 2.75) is 18.3 Å². The smallest absolute Gasteiger partial charge is 0.163 e. The van der Waals surface area contributed by atoms with Crippen LogP contribution in [0.1, 0.15) is 40.9 Å². The molecule has 0 bridgehead atoms. The number of nitrogens with zero attached hydrogens (tertiary/aromatic N) is 4. The van der Waals surface area contributed by atoms with Gasteiger partial charge in [0, 0.05) is 27.8 Å². The summed E-state index contributed by atoms with van der Waals surface area (Å²) in [5.41, 5.74) is 12.9. The molecule has 4 heteroatoms. The molecule has 3 heterocycles. The minimum Gasteiger partial charge on any atom is -0.309 e. The molecule has 6 aromatic carbocycles. The van der Waals surface area contributed by atoms with Gasteiger partial charge in [0.15, 0.2) is 11.6 Å². The normalized spacial score (nSPS) is 19.8. The third-order valence-corrected chi connectivity index (χ3v) is 11.4. The van der Waals surface area contributed by atoms with Crippen LogP contribution in [0.5, 0.6) is 0 Å². The van der Waals surface area contributed by atoms with Crippen LogP contribution in [0.25, 0.3) is 55.8 Å². The van der Waals surface area contributed by atoms with Gasteiger partial charge < -0.3 is 4.57 Å². The van der Waals surface area contributed by atoms with Crippen LogP contribution in [0.4, 0.5) is 0 Å². The Balaban J connectivity index is 1.27. The summed E-state index contributed by atoms with van der Waals surface area (Å²) in [4.78, 5) is 15.9. The topological polar surface area (TPSA) is 43.6 Å². The largest absolute Gasteiger partial charge is 0.309 e. The first-order chi connectivity index (χ1) is 25.2. The Morgan fingerprint density at radius 1 is 0.549 bits per heavy atom. The van der Waals surface area contributed by atoms with E-state index in [1.165, 1.54) is 60.9 Å². The third kappa shape index (κ3) is 3.77. The molecule has 3 unspecified atom stereocenters. The molecule has 3 atom stereocenters. The minimum atomic E-state index is -0.567. The molecular weight excluding hydrogens is 621 g/mol. The molecule has 2 aliphatic carbocycles. The molecule has 0 saturated carbocycles. The lowest BCUT2D eigenvalue weighted by Crippen LogP contribution is -2.38. The van der Waals surface area contributed by atoms with Crippen LogP contribution in [-0.2, 0) is 5.41 Å². The highest BCUT2D eigenvalue weighted by Crippen LogP contribution is 2.64. The molecule has 240 valence electrons. The quantitative estimate of drug-likeness (QED) is 0.191. The van der Waals surface area contributed by atoms with Gasteiger partial charge in [-0.05, 0) is 51.5 Å². The van der Waals surface area contributed by atoms with Crippen LogP contribution < -0.4 is 0 Å². The first-order valence-electron chi connectivity index (χ1n) is 17.8. The first kappa shape index (κ1) is 28.4. The molecule has 51 heavy (non-hydrogen) atoms. The maximum absolute atomic E-state index is 5.39. The fraction of sp³-hybridized carbons (Fsp3) is 0.0851. The average molecular weight is 653 g/mol. The maximum Gasteiger partial charge on any atom is 0.163 e. The molecule has 0 fully saturated rings. The van der Waals surface area contributed by atoms with E-state index in [0.29, 0.717) is 11.6 Å². The van der Waals surface area contributed by atoms with E-state index in [0.717, 1.165) is 17.0 Å². The van der Waals surface area contributed by atoms with Crippen molar-refractivity contribution in [3.05, 3.63) is 197 Å². The Morgan fingerprint density at radius 3 is 1.92 bits per heavy atom. The second kappa shape index (κ2) is 10.6. The van der Waals surface area contributed by atoms with Crippen LogP contribution in [0, 0.1) is 5.92 Å². The lowest BCUT2D eigenvalue weighted by atomic mass is 9.60. The lowest BCUT2D eigenvalue weighted by Gasteiger charge is -2.44. The number of hydrogen-bond acceptors (Lipinski definition) is 3. The van der Waals surface area contributed by atoms with Gasteiger partial charge in [-0.25, -0.2) is 15.0 Å². The number of fused-ring (bicyclic) bond motifs is 11. The fourth-order valence-corrected chi connectivity index (χ4v) is 9.35. The highest BCUT2D eigenvalue weighted by atomic mass is 15.0. The van der Waals surface area contributed by atoms with Crippen LogP contribution in [0.15, 0.2) is 169 Å². The SMILES string of the molecule is CC1C=CC2=C(C1c1nc(-c3ccccc3)nc(-c3ccccc3)n1)C1(c3ccccc32)c2ccccc2-n2c3ccccc3c3cccc1c32. The van der Waals surface area contributed by atoms with Crippen molar-refractivity contribution >= 4 is 27.4 Å². The van der Waals surface area contributed by atoms with Gasteiger partial charge in [-0.2, -0.15) is 0 Å². The standard InChI is InChI=1S/C47H32N4/c1-29-27-28-34-32-19-8-10-22-36(32)47(37-23-11-13-26-40(37)51-39-25-12-9-20-33(39)35-21-14-24-38(47)43(35)51)42(34)41(29)46-49-44(30-15-4-2-5-16-30)48-45(50-46)31-17-6-3-7-18-31/h2-29,41H,1H3. The molecule has 3 aliphatic rings. The molecule has 4 nitrogen and oxygen atoms in total. The van der Waals surface area contributed by atoms with E-state index in [4.69, 9.17) is 15.0 Å². The second-order valence-corrected chi connectivity index (χ2v) is 14.0. The Labute approximate surface area is 296 Å². The van der Waals surface area contributed by atoms with Gasteiger partial charge in [-0.15, -0.1) is 0 Å². The second-order valence-electron chi connectivity index (χ2n) is 14.0. The van der Waals surface area contributed by atoms with Crippen molar-refractivity contribution in [2.24, 2.45) is 5.92 Å². The van der Waals surface area contributed by atoms with Crippen molar-refractivity contribution in [1.82, 2.24) is 19.5 Å². The molecular formula is C47H32N4. The summed E-state index contributed by atoms with van der Waals surface area (Å²) in [5, 5.41) is 2.55. The molecule has 1 aliphatic heterocycles. The summed E-state index contributed by atoms with van der Waals surface area (Å²) < 4.78 is 2.50. The van der Waals surface area contributed by atoms with E-state index in [-0.39, 0.29) is 11.8 Å². The zero-order valence-electron chi connectivity index (χ0n) is 28.0. The maximum atomic E-state index is 5.39. The summed E-state index contributed by atoms with van der Waals surface area (Å²) in [5.74, 6) is 2.20. The summed E-state index contributed by atoms with van der Waals surface area (Å²) >= 11 is 0. The van der Waals surface area contributed by atoms with Crippen molar-refractivity contribution < 1.29 is 0 Å². The number of aromatic nitrogens is 4. The van der Waals surface area contributed by atoms with E-state index >= 15 is 0 Å². The minimum absolute atomic E-state index is 0.121. The number of para-hydroxylation sites is 3. The summed E-state index contributed by atoms with van der Waals surface area (Å²) in [6.07, 6.45) is 4.73. The third-order valence-electron chi connectivity index (χ3n) is 11.4. The van der Waals surface area contributed by atoms with Gasteiger partial charge in [-0.1, -0.05) is 159 Å². The molecule has 8 aromatic rings. The van der Waals surface area contributed by atoms with Gasteiger partial charge in [0.1, 0.15) is 5.82 Å². The zero-order chi connectivity index (χ0) is 33.7. The average Bonchev–Trinajstić information content (AvgIpc) is 3.69. The van der Waals surface area contributed by atoms with Crippen molar-refractivity contribution in [1.29, 1.82) is 0 Å². The molecule has 2 aromatic heterocycles. The van der Waals surface area contributed by atoms with Crippen LogP contribution in [-0.4, -0.2) is 19.5 Å². The molecule has 0 N–H and O–H groups in total. The van der Waals surface area contributed by atoms with E-state index in [9.17, 15) is 0 Å². The first-order valence-corrected chi connectivity index (χ1v) is 17.8. The van der Waals surface area contributed by atoms with Gasteiger partial charge >= 0.3 is 0 Å². The van der Waals surface area contributed by atoms with Gasteiger partial charge in [0.05, 0.1) is 22.1 Å². The van der Waals surface area contributed by atoms with Gasteiger partial charge in [0.2, 0.25) is 0 Å². The van der Waals surface area contributed by atoms with E-state index in [1.807, 2.05) is 12.1 Å². The molecule has 0 amide bonds. The summed E-state index contributed by atoms with van der Waals surface area (Å²) in [7, 11) is 0. The van der Waals surface area contributed by atoms with E-state index in [1.54, 1.807) is 0 Å². The Kier molecular flexibility index (Phi) is 5.89. The van der Waals surface area contributed by atoms with Gasteiger partial charge in [-0.3, -0.25) is 0 Å². The highest BCUT2D eigenvalue weighted by Gasteiger charge is 2.55. The monoisotopic (exact) mass is 652 g/mol. The number of benzene rings is 6. The van der Waals surface area contributed by atoms with Crippen LogP contribution >= 0.6 is 0 Å². The molecule has 0 saturated heterocycles. The predicted molar refractivity (Wildman–Crippen MR) is 206 cm³/mol. The summed E-state index contributed by atoms with van der Waals surface area (Å²) in [6, 6.07) is 54.5. The zero-order valence-corrected chi connectivity index (χ0v) is 28.0. The van der Waals surface area contributed by atoms with Crippen molar-refractivity contribution in [3.63, 3.8) is 0 Å². The number of hydrogen-bond donors (Lipinski definition) is 0. The predicted octanol–water partition coefficient (Wildman–Crippen LogP) is 10.7. The molecule has 1 spiro atoms. The fourth-order valence-electron chi connectivity index (χ4n) is 9.35. The van der Waals surface area contributed by atoms with Crippen molar-refractivity contribution in [2.75, 3.05) is 0 Å². The molecule has 11 rings (SSSR count). The van der Waals surface area contributed by atoms with E-state index < -0.39 is 5.41 Å². The Hall–Kier alpha value is -6.39. The Bertz CT molecular complexity index is 2720. The number of allylic oxidation sites excluding steroid dienone is 4. The van der Waals surface area contributed by atoms with Crippen LogP contribution in [0.2, 0.25) is 0 Å². The summed E-state index contributed by atoms with van der Waals surface area (Å²) in [6.45, 7) is 2.32. The van der Waals surface area contributed by atoms with Crippen molar-refractivity contribution in [3.8, 4) is 28.5 Å². The highest BCUT2D eigenvalue weighted by molar-refractivity contribution is 6.13. The van der Waals surface area contributed by atoms with Crippen LogP contribution in [0.3, 0.4) is 0 Å². The van der Waals surface area contributed by atoms with E-state index in [2.05, 4.69) is 163 Å². The molecule has 0 radical (unpaired) electrons. The van der Waals surface area contributed by atoms with Gasteiger partial charge in [0.25, 0.3) is 0 Å².